The van der Waals surface area contributed by atoms with Crippen LogP contribution in [0.15, 0.2) is 24.3 Å². The van der Waals surface area contributed by atoms with E-state index in [0.717, 1.165) is 12.1 Å². The molecule has 1 aliphatic rings. The van der Waals surface area contributed by atoms with Crippen LogP contribution in [0.25, 0.3) is 0 Å². The third kappa shape index (κ3) is 2.06. The normalized spacial score (nSPS) is 19.5. The summed E-state index contributed by atoms with van der Waals surface area (Å²) in [5.41, 5.74) is 1.67. The Balaban J connectivity index is 2.17. The molecule has 3 heteroatoms. The second-order valence-electron chi connectivity index (χ2n) is 4.21. The molecule has 16 heavy (non-hydrogen) atoms. The van der Waals surface area contributed by atoms with Gasteiger partial charge in [0.25, 0.3) is 0 Å². The van der Waals surface area contributed by atoms with Gasteiger partial charge in [-0.2, -0.15) is 5.26 Å². The smallest absolute Gasteiger partial charge is 0.135 e. The number of nitrogens with zero attached hydrogens (tertiary/aromatic N) is 2. The Morgan fingerprint density at radius 1 is 1.50 bits per heavy atom. The van der Waals surface area contributed by atoms with Crippen LogP contribution in [0, 0.1) is 11.3 Å². The van der Waals surface area contributed by atoms with E-state index in [0.29, 0.717) is 30.2 Å². The van der Waals surface area contributed by atoms with Gasteiger partial charge >= 0.3 is 0 Å². The van der Waals surface area contributed by atoms with Crippen molar-refractivity contribution in [3.8, 4) is 6.07 Å². The Hall–Kier alpha value is -1.82. The number of Topliss-reactive ketones (excluding diaryl/α,β-unsaturated/α-hetero) is 1. The molecule has 3 nitrogen and oxygen atoms in total. The van der Waals surface area contributed by atoms with Crippen molar-refractivity contribution in [1.29, 1.82) is 5.26 Å². The number of carbonyl (C=O) groups is 1. The van der Waals surface area contributed by atoms with E-state index >= 15 is 0 Å². The first-order valence-electron chi connectivity index (χ1n) is 5.45. The number of ketones is 1. The highest BCUT2D eigenvalue weighted by molar-refractivity contribution is 5.82. The van der Waals surface area contributed by atoms with E-state index in [4.69, 9.17) is 5.26 Å². The molecular weight excluding hydrogens is 200 g/mol. The van der Waals surface area contributed by atoms with E-state index in [-0.39, 0.29) is 0 Å². The number of anilines is 1. The zero-order valence-electron chi connectivity index (χ0n) is 9.31. The highest BCUT2D eigenvalue weighted by atomic mass is 16.1. The van der Waals surface area contributed by atoms with Gasteiger partial charge in [-0.15, -0.1) is 0 Å². The molecule has 0 radical (unpaired) electrons. The fourth-order valence-electron chi connectivity index (χ4n) is 2.13. The molecule has 1 atom stereocenters. The molecule has 1 aromatic rings. The maximum absolute atomic E-state index is 11.2. The Labute approximate surface area is 95.3 Å². The summed E-state index contributed by atoms with van der Waals surface area (Å²) in [6.45, 7) is 0. The molecule has 1 aromatic carbocycles. The largest absolute Gasteiger partial charge is 0.371 e. The highest BCUT2D eigenvalue weighted by Crippen LogP contribution is 2.25. The van der Waals surface area contributed by atoms with Gasteiger partial charge in [-0.25, -0.2) is 0 Å². The van der Waals surface area contributed by atoms with Gasteiger partial charge < -0.3 is 4.90 Å². The van der Waals surface area contributed by atoms with Gasteiger partial charge in [-0.3, -0.25) is 4.79 Å². The van der Waals surface area contributed by atoms with Crippen molar-refractivity contribution in [2.45, 2.75) is 25.3 Å². The van der Waals surface area contributed by atoms with Crippen molar-refractivity contribution in [2.24, 2.45) is 0 Å². The molecule has 2 rings (SSSR count). The van der Waals surface area contributed by atoms with Crippen LogP contribution in [0.2, 0.25) is 0 Å². The van der Waals surface area contributed by atoms with Crippen LogP contribution in [0.1, 0.15) is 24.8 Å². The predicted octanol–water partition coefficient (Wildman–Crippen LogP) is 2.12. The first-order chi connectivity index (χ1) is 7.70. The van der Waals surface area contributed by atoms with Crippen molar-refractivity contribution < 1.29 is 4.79 Å². The molecule has 0 bridgehead atoms. The molecule has 82 valence electrons. The van der Waals surface area contributed by atoms with E-state index in [2.05, 4.69) is 11.0 Å². The Morgan fingerprint density at radius 3 is 2.94 bits per heavy atom. The lowest BCUT2D eigenvalue weighted by molar-refractivity contribution is -0.117. The van der Waals surface area contributed by atoms with Gasteiger partial charge in [0.1, 0.15) is 5.78 Å². The number of benzene rings is 1. The van der Waals surface area contributed by atoms with E-state index in [1.54, 1.807) is 6.07 Å². The van der Waals surface area contributed by atoms with Crippen LogP contribution < -0.4 is 4.90 Å². The standard InChI is InChI=1S/C13H14N2O/c1-15(12-5-6-13(16)8-12)11-4-2-3-10(7-11)9-14/h2-4,7,12H,5-6,8H2,1H3. The first kappa shape index (κ1) is 10.7. The van der Waals surface area contributed by atoms with Gasteiger partial charge in [-0.1, -0.05) is 6.07 Å². The SMILES string of the molecule is CN(c1cccc(C#N)c1)C1CCC(=O)C1. The lowest BCUT2D eigenvalue weighted by atomic mass is 10.1. The van der Waals surface area contributed by atoms with Crippen molar-refractivity contribution >= 4 is 11.5 Å². The minimum atomic E-state index is 0.293. The third-order valence-electron chi connectivity index (χ3n) is 3.15. The topological polar surface area (TPSA) is 44.1 Å². The third-order valence-corrected chi connectivity index (χ3v) is 3.15. The van der Waals surface area contributed by atoms with Crippen molar-refractivity contribution in [2.75, 3.05) is 11.9 Å². The van der Waals surface area contributed by atoms with Gasteiger partial charge in [0, 0.05) is 31.6 Å². The highest BCUT2D eigenvalue weighted by Gasteiger charge is 2.25. The van der Waals surface area contributed by atoms with E-state index < -0.39 is 0 Å². The van der Waals surface area contributed by atoms with Gasteiger partial charge in [0.15, 0.2) is 0 Å². The van der Waals surface area contributed by atoms with Crippen LogP contribution in [0.4, 0.5) is 5.69 Å². The van der Waals surface area contributed by atoms with Crippen LogP contribution >= 0.6 is 0 Å². The first-order valence-corrected chi connectivity index (χ1v) is 5.45. The zero-order valence-corrected chi connectivity index (χ0v) is 9.31. The summed E-state index contributed by atoms with van der Waals surface area (Å²) in [5.74, 6) is 0.341. The lowest BCUT2D eigenvalue weighted by Gasteiger charge is -2.26. The molecule has 0 aliphatic heterocycles. The van der Waals surface area contributed by atoms with Crippen LogP contribution in [-0.2, 0) is 4.79 Å². The van der Waals surface area contributed by atoms with E-state index in [1.807, 2.05) is 25.2 Å². The average Bonchev–Trinajstić information content (AvgIpc) is 2.75. The molecule has 0 N–H and O–H groups in total. The number of hydrogen-bond donors (Lipinski definition) is 0. The quantitative estimate of drug-likeness (QED) is 0.757. The Morgan fingerprint density at radius 2 is 2.31 bits per heavy atom. The summed E-state index contributed by atoms with van der Waals surface area (Å²) >= 11 is 0. The van der Waals surface area contributed by atoms with Crippen molar-refractivity contribution in [3.63, 3.8) is 0 Å². The van der Waals surface area contributed by atoms with Crippen molar-refractivity contribution in [3.05, 3.63) is 29.8 Å². The Bertz CT molecular complexity index is 447. The zero-order chi connectivity index (χ0) is 11.5. The number of nitriles is 1. The van der Waals surface area contributed by atoms with Crippen LogP contribution in [-0.4, -0.2) is 18.9 Å². The molecule has 0 saturated heterocycles. The molecule has 1 saturated carbocycles. The monoisotopic (exact) mass is 214 g/mol. The lowest BCUT2D eigenvalue weighted by Crippen LogP contribution is -2.29. The number of carbonyl (C=O) groups excluding carboxylic acids is 1. The summed E-state index contributed by atoms with van der Waals surface area (Å²) in [6, 6.07) is 9.93. The minimum Gasteiger partial charge on any atom is -0.371 e. The summed E-state index contributed by atoms with van der Waals surface area (Å²) < 4.78 is 0. The molecule has 0 aromatic heterocycles. The van der Waals surface area contributed by atoms with Crippen LogP contribution in [0.5, 0.6) is 0 Å². The summed E-state index contributed by atoms with van der Waals surface area (Å²) in [7, 11) is 1.99. The fraction of sp³-hybridized carbons (Fsp3) is 0.385. The fourth-order valence-corrected chi connectivity index (χ4v) is 2.13. The van der Waals surface area contributed by atoms with Gasteiger partial charge in [0.05, 0.1) is 11.6 Å². The maximum atomic E-state index is 11.2. The predicted molar refractivity (Wildman–Crippen MR) is 62.2 cm³/mol. The second-order valence-corrected chi connectivity index (χ2v) is 4.21. The summed E-state index contributed by atoms with van der Waals surface area (Å²) in [5, 5.41) is 8.83. The Kier molecular flexibility index (Phi) is 2.91. The molecule has 0 amide bonds. The van der Waals surface area contributed by atoms with Gasteiger partial charge in [0.2, 0.25) is 0 Å². The molecule has 1 fully saturated rings. The molecule has 0 spiro atoms. The average molecular weight is 214 g/mol. The second kappa shape index (κ2) is 4.36. The summed E-state index contributed by atoms with van der Waals surface area (Å²) in [4.78, 5) is 13.3. The minimum absolute atomic E-state index is 0.293. The van der Waals surface area contributed by atoms with Crippen molar-refractivity contribution in [1.82, 2.24) is 0 Å². The van der Waals surface area contributed by atoms with Gasteiger partial charge in [-0.05, 0) is 24.6 Å². The summed E-state index contributed by atoms with van der Waals surface area (Å²) in [6.07, 6.45) is 2.24. The number of hydrogen-bond acceptors (Lipinski definition) is 3. The van der Waals surface area contributed by atoms with Crippen LogP contribution in [0.3, 0.4) is 0 Å². The number of rotatable bonds is 2. The van der Waals surface area contributed by atoms with E-state index in [1.165, 1.54) is 0 Å². The molecular formula is C13H14N2O. The van der Waals surface area contributed by atoms with E-state index in [9.17, 15) is 4.79 Å². The molecule has 1 unspecified atom stereocenters. The molecule has 1 aliphatic carbocycles. The maximum Gasteiger partial charge on any atom is 0.135 e. The molecule has 0 heterocycles.